The first kappa shape index (κ1) is 47.0. The third-order valence-electron chi connectivity index (χ3n) is 10.4. The zero-order chi connectivity index (χ0) is 48.1. The molecule has 3 nitrogen and oxygen atoms in total. The van der Waals surface area contributed by atoms with Crippen LogP contribution in [0.15, 0.2) is 137 Å². The maximum absolute atomic E-state index is 14.6. The summed E-state index contributed by atoms with van der Waals surface area (Å²) in [6.07, 6.45) is -35.0. The number of para-hydroxylation sites is 2. The Labute approximate surface area is 355 Å². The fourth-order valence-corrected chi connectivity index (χ4v) is 14.2. The number of anilines is 3. The van der Waals surface area contributed by atoms with Crippen LogP contribution in [0, 0.1) is 0 Å². The van der Waals surface area contributed by atoms with Crippen LogP contribution in [0.4, 0.5) is 96.1 Å². The van der Waals surface area contributed by atoms with Crippen LogP contribution in [0.25, 0.3) is 0 Å². The maximum Gasteiger partial charge on any atom is 0.416 e. The number of nitrogens with zero attached hydrogens (tertiary/aromatic N) is 1. The zero-order valence-corrected chi connectivity index (χ0v) is 33.4. The Hall–Kier alpha value is -5.97. The van der Waals surface area contributed by atoms with Crippen LogP contribution < -0.4 is 25.6 Å². The molecule has 0 atom stereocenters. The van der Waals surface area contributed by atoms with Crippen molar-refractivity contribution in [3.8, 4) is 0 Å². The van der Waals surface area contributed by atoms with Gasteiger partial charge in [0.2, 0.25) is 9.84 Å². The van der Waals surface area contributed by atoms with Crippen molar-refractivity contribution in [3.05, 3.63) is 161 Å². The quantitative estimate of drug-likeness (QED) is 0.0980. The highest BCUT2D eigenvalue weighted by atomic mass is 32.2. The van der Waals surface area contributed by atoms with Gasteiger partial charge in [0, 0.05) is 5.69 Å². The smallest absolute Gasteiger partial charge is 0.308 e. The first-order valence-corrected chi connectivity index (χ1v) is 21.5. The van der Waals surface area contributed by atoms with Crippen molar-refractivity contribution >= 4 is 55.7 Å². The van der Waals surface area contributed by atoms with Gasteiger partial charge in [-0.15, -0.1) is 0 Å². The molecule has 0 spiro atoms. The van der Waals surface area contributed by atoms with Gasteiger partial charge in [-0.05, 0) is 112 Å². The number of hydrogen-bond donors (Lipinski definition) is 0. The van der Waals surface area contributed by atoms with E-state index in [1.54, 1.807) is 0 Å². The van der Waals surface area contributed by atoms with E-state index in [0.717, 1.165) is 12.1 Å². The average Bonchev–Trinajstić information content (AvgIpc) is 3.19. The molecular weight excluding hydrogens is 953 g/mol. The summed E-state index contributed by atoms with van der Waals surface area (Å²) in [6.45, 7) is 0. The standard InChI is InChI=1S/C42H21F18NO2SSi/c43-37(44,45)22-13-23(38(46,47)48)17-30(16-22)65(31-18-24(39(49,50)51)14-25(19-31)40(52,53)54,32-20-26(41(55,56)57)15-27(21-32)42(58,59)60)29-11-9-28(10-12-29)61-33-5-1-3-7-35(33)64(62,63)36-8-4-2-6-34(36)61/h1-21H. The Morgan fingerprint density at radius 2 is 0.600 bits per heavy atom. The van der Waals surface area contributed by atoms with E-state index in [4.69, 9.17) is 0 Å². The van der Waals surface area contributed by atoms with Crippen LogP contribution in [0.1, 0.15) is 33.4 Å². The van der Waals surface area contributed by atoms with Gasteiger partial charge in [-0.1, -0.05) is 36.4 Å². The van der Waals surface area contributed by atoms with E-state index in [0.29, 0.717) is 12.1 Å². The predicted octanol–water partition coefficient (Wildman–Crippen LogP) is 11.8. The van der Waals surface area contributed by atoms with E-state index in [1.165, 1.54) is 53.4 Å². The molecule has 0 aromatic heterocycles. The molecule has 0 amide bonds. The molecule has 0 saturated heterocycles. The number of hydrogen-bond acceptors (Lipinski definition) is 3. The van der Waals surface area contributed by atoms with E-state index in [9.17, 15) is 87.4 Å². The third-order valence-corrected chi connectivity index (χ3v) is 16.9. The lowest BCUT2D eigenvalue weighted by Crippen LogP contribution is -2.75. The summed E-state index contributed by atoms with van der Waals surface area (Å²) in [6, 6.07) is 11.0. The number of sulfone groups is 1. The number of fused-ring (bicyclic) bond motifs is 2. The Balaban J connectivity index is 1.71. The van der Waals surface area contributed by atoms with Gasteiger partial charge in [-0.3, -0.25) is 0 Å². The summed E-state index contributed by atoms with van der Waals surface area (Å²) in [5, 5.41) is -5.52. The van der Waals surface area contributed by atoms with Crippen molar-refractivity contribution in [2.45, 2.75) is 46.8 Å². The Morgan fingerprint density at radius 3 is 0.862 bits per heavy atom. The lowest BCUT2D eigenvalue weighted by atomic mass is 10.1. The van der Waals surface area contributed by atoms with Gasteiger partial charge in [0.25, 0.3) is 0 Å². The minimum absolute atomic E-state index is 0.0875. The van der Waals surface area contributed by atoms with Crippen molar-refractivity contribution in [2.75, 3.05) is 4.90 Å². The molecule has 0 bridgehead atoms. The highest BCUT2D eigenvalue weighted by Gasteiger charge is 2.50. The fraction of sp³-hybridized carbons (Fsp3) is 0.143. The van der Waals surface area contributed by atoms with E-state index in [2.05, 4.69) is 0 Å². The number of alkyl halides is 18. The van der Waals surface area contributed by atoms with Crippen LogP contribution in [0.2, 0.25) is 0 Å². The zero-order valence-electron chi connectivity index (χ0n) is 31.6. The van der Waals surface area contributed by atoms with Crippen molar-refractivity contribution in [1.29, 1.82) is 0 Å². The van der Waals surface area contributed by atoms with Crippen LogP contribution in [0.3, 0.4) is 0 Å². The number of rotatable bonds is 5. The SMILES string of the molecule is O=S1(=O)c2ccccc2N(c2ccc([Si](c3cc(C(F)(F)F)cc(C(F)(F)F)c3)(c3cc(C(F)(F)F)cc(C(F)(F)F)c3)c3cc(C(F)(F)F)cc(C(F)(F)F)c3)cc2)c2ccccc21. The molecule has 6 aromatic rings. The Morgan fingerprint density at radius 1 is 0.338 bits per heavy atom. The molecule has 0 radical (unpaired) electrons. The summed E-state index contributed by atoms with van der Waals surface area (Å²) in [5.74, 6) is 0. The normalized spacial score (nSPS) is 14.8. The summed E-state index contributed by atoms with van der Waals surface area (Å²) in [7, 11) is -10.6. The summed E-state index contributed by atoms with van der Waals surface area (Å²) >= 11 is 0. The summed E-state index contributed by atoms with van der Waals surface area (Å²) < 4.78 is 290. The highest BCUT2D eigenvalue weighted by Crippen LogP contribution is 2.48. The third kappa shape index (κ3) is 8.54. The molecule has 65 heavy (non-hydrogen) atoms. The molecule has 0 aliphatic carbocycles. The molecule has 1 aliphatic rings. The lowest BCUT2D eigenvalue weighted by molar-refractivity contribution is -0.144. The molecule has 1 heterocycles. The first-order chi connectivity index (χ1) is 29.7. The van der Waals surface area contributed by atoms with Gasteiger partial charge in [0.1, 0.15) is 0 Å². The summed E-state index contributed by atoms with van der Waals surface area (Å²) in [5.41, 5.74) is -14.0. The van der Waals surface area contributed by atoms with E-state index >= 15 is 0 Å². The van der Waals surface area contributed by atoms with Gasteiger partial charge < -0.3 is 4.90 Å². The van der Waals surface area contributed by atoms with Crippen LogP contribution in [0.5, 0.6) is 0 Å². The van der Waals surface area contributed by atoms with Crippen LogP contribution in [-0.2, 0) is 46.9 Å². The molecule has 342 valence electrons. The molecule has 7 rings (SSSR count). The summed E-state index contributed by atoms with van der Waals surface area (Å²) in [4.78, 5) is 0.605. The molecule has 6 aromatic carbocycles. The second-order valence-corrected chi connectivity index (χ2v) is 20.2. The first-order valence-electron chi connectivity index (χ1n) is 18.0. The second kappa shape index (κ2) is 15.3. The molecule has 23 heteroatoms. The predicted molar refractivity (Wildman–Crippen MR) is 200 cm³/mol. The molecule has 0 unspecified atom stereocenters. The topological polar surface area (TPSA) is 37.4 Å². The van der Waals surface area contributed by atoms with Crippen molar-refractivity contribution < 1.29 is 87.4 Å². The van der Waals surface area contributed by atoms with Crippen LogP contribution >= 0.6 is 0 Å². The molecule has 0 saturated carbocycles. The van der Waals surface area contributed by atoms with Gasteiger partial charge in [-0.2, -0.15) is 79.0 Å². The van der Waals surface area contributed by atoms with Gasteiger partial charge in [-0.25, -0.2) is 8.42 Å². The monoisotopic (exact) mass is 973 g/mol. The fourth-order valence-electron chi connectivity index (χ4n) is 7.64. The number of benzene rings is 6. The maximum atomic E-state index is 14.6. The van der Waals surface area contributed by atoms with Gasteiger partial charge in [0.15, 0.2) is 8.07 Å². The van der Waals surface area contributed by atoms with Crippen molar-refractivity contribution in [1.82, 2.24) is 0 Å². The molecule has 0 N–H and O–H groups in total. The van der Waals surface area contributed by atoms with E-state index in [1.807, 2.05) is 0 Å². The number of halogens is 18. The van der Waals surface area contributed by atoms with Crippen LogP contribution in [-0.4, -0.2) is 16.5 Å². The van der Waals surface area contributed by atoms with Gasteiger partial charge >= 0.3 is 37.1 Å². The Kier molecular flexibility index (Phi) is 11.1. The van der Waals surface area contributed by atoms with Crippen molar-refractivity contribution in [2.24, 2.45) is 0 Å². The Bertz CT molecular complexity index is 2600. The van der Waals surface area contributed by atoms with E-state index < -0.39 is 127 Å². The minimum Gasteiger partial charge on any atom is -0.308 e. The minimum atomic E-state index is -6.31. The molecule has 0 fully saturated rings. The average molecular weight is 974 g/mol. The molecule has 1 aliphatic heterocycles. The lowest BCUT2D eigenvalue weighted by Gasteiger charge is -2.37. The van der Waals surface area contributed by atoms with E-state index in [-0.39, 0.29) is 63.3 Å². The highest BCUT2D eigenvalue weighted by molar-refractivity contribution is 7.92. The van der Waals surface area contributed by atoms with Crippen molar-refractivity contribution in [3.63, 3.8) is 0 Å². The second-order valence-electron chi connectivity index (χ2n) is 14.5. The largest absolute Gasteiger partial charge is 0.416 e. The molecular formula is C42H21F18NO2SSi. The van der Waals surface area contributed by atoms with Gasteiger partial charge in [0.05, 0.1) is 54.5 Å².